The molecule has 0 saturated carbocycles. The molecule has 0 spiro atoms. The van der Waals surface area contributed by atoms with Crippen LogP contribution < -0.4 is 4.90 Å². The minimum Gasteiger partial charge on any atom is -0.329 e. The van der Waals surface area contributed by atoms with E-state index in [0.717, 1.165) is 11.3 Å². The molecule has 0 N–H and O–H groups in total. The molecule has 1 atom stereocenters. The summed E-state index contributed by atoms with van der Waals surface area (Å²) < 4.78 is 13.3. The van der Waals surface area contributed by atoms with E-state index in [1.54, 1.807) is 21.9 Å². The molecule has 2 aromatic carbocycles. The van der Waals surface area contributed by atoms with E-state index in [0.29, 0.717) is 12.1 Å². The molecular weight excluding hydrogens is 319 g/mol. The summed E-state index contributed by atoms with van der Waals surface area (Å²) in [6.45, 7) is 4.42. The van der Waals surface area contributed by atoms with Crippen molar-refractivity contribution in [1.29, 1.82) is 0 Å². The maximum Gasteiger partial charge on any atom is 0.246 e. The van der Waals surface area contributed by atoms with Crippen LogP contribution in [-0.4, -0.2) is 35.8 Å². The molecule has 2 amide bonds. The minimum atomic E-state index is -0.362. The first kappa shape index (κ1) is 17.1. The first-order valence-corrected chi connectivity index (χ1v) is 8.35. The first-order valence-electron chi connectivity index (χ1n) is 8.35. The highest BCUT2D eigenvalue weighted by molar-refractivity contribution is 5.98. The standard InChI is InChI=1S/C20H21FN2O2/c1-14-6-8-18(9-7-14)23-12-15(2)22(13-20(23)25)19(24)11-16-4-3-5-17(21)10-16/h3-10,15H,11-13H2,1-2H3. The van der Waals surface area contributed by atoms with Crippen molar-refractivity contribution in [3.63, 3.8) is 0 Å². The summed E-state index contributed by atoms with van der Waals surface area (Å²) in [5.74, 6) is -0.622. The lowest BCUT2D eigenvalue weighted by atomic mass is 10.1. The molecule has 5 heteroatoms. The zero-order chi connectivity index (χ0) is 18.0. The van der Waals surface area contributed by atoms with Crippen LogP contribution in [0.5, 0.6) is 0 Å². The molecule has 130 valence electrons. The van der Waals surface area contributed by atoms with Gasteiger partial charge in [-0.05, 0) is 43.7 Å². The van der Waals surface area contributed by atoms with E-state index < -0.39 is 0 Å². The number of amides is 2. The molecule has 0 bridgehead atoms. The zero-order valence-corrected chi connectivity index (χ0v) is 14.4. The van der Waals surface area contributed by atoms with Crippen molar-refractivity contribution in [2.45, 2.75) is 26.3 Å². The normalized spacial score (nSPS) is 17.7. The van der Waals surface area contributed by atoms with Gasteiger partial charge in [0.15, 0.2) is 0 Å². The third-order valence-electron chi connectivity index (χ3n) is 4.50. The predicted molar refractivity (Wildman–Crippen MR) is 94.8 cm³/mol. The van der Waals surface area contributed by atoms with Crippen LogP contribution >= 0.6 is 0 Å². The van der Waals surface area contributed by atoms with Crippen molar-refractivity contribution < 1.29 is 14.0 Å². The Balaban J connectivity index is 1.70. The van der Waals surface area contributed by atoms with Gasteiger partial charge in [-0.2, -0.15) is 0 Å². The van der Waals surface area contributed by atoms with Crippen molar-refractivity contribution in [2.75, 3.05) is 18.0 Å². The Morgan fingerprint density at radius 1 is 1.20 bits per heavy atom. The Labute approximate surface area is 146 Å². The molecule has 1 heterocycles. The number of hydrogen-bond acceptors (Lipinski definition) is 2. The second-order valence-electron chi connectivity index (χ2n) is 6.52. The van der Waals surface area contributed by atoms with Crippen molar-refractivity contribution in [3.8, 4) is 0 Å². The van der Waals surface area contributed by atoms with E-state index in [1.165, 1.54) is 12.1 Å². The predicted octanol–water partition coefficient (Wildman–Crippen LogP) is 2.94. The smallest absolute Gasteiger partial charge is 0.246 e. The molecule has 3 rings (SSSR count). The Hall–Kier alpha value is -2.69. The van der Waals surface area contributed by atoms with Crippen molar-refractivity contribution in [1.82, 2.24) is 4.90 Å². The number of carbonyl (C=O) groups excluding carboxylic acids is 2. The Morgan fingerprint density at radius 3 is 2.60 bits per heavy atom. The summed E-state index contributed by atoms with van der Waals surface area (Å²) in [6, 6.07) is 13.7. The number of hydrogen-bond donors (Lipinski definition) is 0. The monoisotopic (exact) mass is 340 g/mol. The van der Waals surface area contributed by atoms with Gasteiger partial charge >= 0.3 is 0 Å². The van der Waals surface area contributed by atoms with E-state index in [4.69, 9.17) is 0 Å². The van der Waals surface area contributed by atoms with Gasteiger partial charge in [0.2, 0.25) is 11.8 Å². The fourth-order valence-electron chi connectivity index (χ4n) is 3.08. The quantitative estimate of drug-likeness (QED) is 0.862. The number of piperazine rings is 1. The molecule has 0 radical (unpaired) electrons. The number of nitrogens with zero attached hydrogens (tertiary/aromatic N) is 2. The highest BCUT2D eigenvalue weighted by atomic mass is 19.1. The van der Waals surface area contributed by atoms with E-state index >= 15 is 0 Å². The summed E-state index contributed by atoms with van der Waals surface area (Å²) in [6.07, 6.45) is 0.0971. The number of rotatable bonds is 3. The lowest BCUT2D eigenvalue weighted by Crippen LogP contribution is -2.57. The summed E-state index contributed by atoms with van der Waals surface area (Å²) in [5.41, 5.74) is 2.60. The van der Waals surface area contributed by atoms with Crippen LogP contribution in [0.3, 0.4) is 0 Å². The Kier molecular flexibility index (Phi) is 4.83. The average molecular weight is 340 g/mol. The van der Waals surface area contributed by atoms with Crippen molar-refractivity contribution >= 4 is 17.5 Å². The first-order chi connectivity index (χ1) is 11.9. The molecule has 1 unspecified atom stereocenters. The Bertz CT molecular complexity index is 789. The third kappa shape index (κ3) is 3.87. The van der Waals surface area contributed by atoms with Gasteiger partial charge in [0.1, 0.15) is 12.4 Å². The SMILES string of the molecule is Cc1ccc(N2CC(C)N(C(=O)Cc3cccc(F)c3)CC2=O)cc1. The van der Waals surface area contributed by atoms with Crippen molar-refractivity contribution in [3.05, 3.63) is 65.5 Å². The maximum absolute atomic E-state index is 13.3. The summed E-state index contributed by atoms with van der Waals surface area (Å²) in [7, 11) is 0. The van der Waals surface area contributed by atoms with Gasteiger partial charge in [0.25, 0.3) is 0 Å². The number of benzene rings is 2. The van der Waals surface area contributed by atoms with Crippen LogP contribution in [0.15, 0.2) is 48.5 Å². The van der Waals surface area contributed by atoms with E-state index in [1.807, 2.05) is 38.1 Å². The summed E-state index contributed by atoms with van der Waals surface area (Å²) in [4.78, 5) is 28.4. The highest BCUT2D eigenvalue weighted by Crippen LogP contribution is 2.21. The van der Waals surface area contributed by atoms with Crippen LogP contribution in [0.4, 0.5) is 10.1 Å². The number of anilines is 1. The third-order valence-corrected chi connectivity index (χ3v) is 4.50. The number of carbonyl (C=O) groups is 2. The van der Waals surface area contributed by atoms with Gasteiger partial charge in [0, 0.05) is 18.3 Å². The van der Waals surface area contributed by atoms with Crippen LogP contribution in [0.2, 0.25) is 0 Å². The fraction of sp³-hybridized carbons (Fsp3) is 0.300. The second kappa shape index (κ2) is 7.05. The van der Waals surface area contributed by atoms with Gasteiger partial charge in [-0.1, -0.05) is 29.8 Å². The van der Waals surface area contributed by atoms with Gasteiger partial charge < -0.3 is 9.80 Å². The van der Waals surface area contributed by atoms with Crippen LogP contribution in [-0.2, 0) is 16.0 Å². The number of halogens is 1. The molecule has 2 aromatic rings. The molecule has 1 saturated heterocycles. The van der Waals surface area contributed by atoms with Gasteiger partial charge in [-0.25, -0.2) is 4.39 Å². The molecule has 0 aliphatic carbocycles. The molecule has 1 aliphatic heterocycles. The highest BCUT2D eigenvalue weighted by Gasteiger charge is 2.33. The van der Waals surface area contributed by atoms with Gasteiger partial charge in [-0.15, -0.1) is 0 Å². The largest absolute Gasteiger partial charge is 0.329 e. The molecule has 1 aliphatic rings. The zero-order valence-electron chi connectivity index (χ0n) is 14.4. The van der Waals surface area contributed by atoms with Crippen LogP contribution in [0.25, 0.3) is 0 Å². The molecule has 0 aromatic heterocycles. The average Bonchev–Trinajstić information content (AvgIpc) is 2.57. The van der Waals surface area contributed by atoms with Crippen LogP contribution in [0.1, 0.15) is 18.1 Å². The maximum atomic E-state index is 13.3. The summed E-state index contributed by atoms with van der Waals surface area (Å²) >= 11 is 0. The molecule has 1 fully saturated rings. The van der Waals surface area contributed by atoms with E-state index in [9.17, 15) is 14.0 Å². The second-order valence-corrected chi connectivity index (χ2v) is 6.52. The lowest BCUT2D eigenvalue weighted by Gasteiger charge is -2.39. The summed E-state index contributed by atoms with van der Waals surface area (Å²) in [5, 5.41) is 0. The lowest BCUT2D eigenvalue weighted by molar-refractivity contribution is -0.138. The Morgan fingerprint density at radius 2 is 1.92 bits per heavy atom. The van der Waals surface area contributed by atoms with Crippen molar-refractivity contribution in [2.24, 2.45) is 0 Å². The fourth-order valence-corrected chi connectivity index (χ4v) is 3.08. The minimum absolute atomic E-state index is 0.0448. The molecular formula is C20H21FN2O2. The van der Waals surface area contributed by atoms with Gasteiger partial charge in [-0.3, -0.25) is 9.59 Å². The number of aryl methyl sites for hydroxylation is 1. The molecule has 25 heavy (non-hydrogen) atoms. The van der Waals surface area contributed by atoms with E-state index in [-0.39, 0.29) is 36.6 Å². The van der Waals surface area contributed by atoms with E-state index in [2.05, 4.69) is 0 Å². The topological polar surface area (TPSA) is 40.6 Å². The van der Waals surface area contributed by atoms with Crippen LogP contribution in [0, 0.1) is 12.7 Å². The van der Waals surface area contributed by atoms with Gasteiger partial charge in [0.05, 0.1) is 6.42 Å². The molecule has 4 nitrogen and oxygen atoms in total.